The largest absolute Gasteiger partial charge is 0.317 e. The molecule has 0 fully saturated rings. The Kier molecular flexibility index (Phi) is 5.44. The van der Waals surface area contributed by atoms with Crippen molar-refractivity contribution in [3.05, 3.63) is 22.4 Å². The van der Waals surface area contributed by atoms with Gasteiger partial charge in [0.2, 0.25) is 0 Å². The van der Waals surface area contributed by atoms with Crippen molar-refractivity contribution in [2.75, 3.05) is 19.1 Å². The first-order chi connectivity index (χ1) is 7.51. The number of likely N-dealkylation sites (N-methyl/N-ethyl adjacent to an activating group) is 1. The number of hydrogen-bond donors (Lipinski definition) is 1. The summed E-state index contributed by atoms with van der Waals surface area (Å²) in [5.41, 5.74) is 1.32. The zero-order chi connectivity index (χ0) is 12.0. The van der Waals surface area contributed by atoms with E-state index >= 15 is 0 Å². The number of hydrogen-bond acceptors (Lipinski definition) is 4. The molecule has 1 aromatic rings. The third-order valence-corrected chi connectivity index (χ3v) is 4.30. The number of sulfone groups is 1. The lowest BCUT2D eigenvalue weighted by Gasteiger charge is -2.14. The molecule has 1 rings (SSSR count). The van der Waals surface area contributed by atoms with E-state index in [0.717, 1.165) is 19.3 Å². The number of rotatable bonds is 7. The van der Waals surface area contributed by atoms with Gasteiger partial charge in [0.15, 0.2) is 0 Å². The lowest BCUT2D eigenvalue weighted by Crippen LogP contribution is -2.28. The Labute approximate surface area is 102 Å². The standard InChI is InChI=1S/C11H19NO2S2/c1-12-11(4-3-7-16(2,13)14)8-10-5-6-15-9-10/h5-6,9,11-12H,3-4,7-8H2,1-2H3. The van der Waals surface area contributed by atoms with Crippen LogP contribution in [0.1, 0.15) is 18.4 Å². The summed E-state index contributed by atoms with van der Waals surface area (Å²) in [5.74, 6) is 0.287. The molecule has 92 valence electrons. The second kappa shape index (κ2) is 6.37. The second-order valence-corrected chi connectivity index (χ2v) is 7.13. The molecule has 0 aliphatic heterocycles. The van der Waals surface area contributed by atoms with Gasteiger partial charge in [-0.05, 0) is 48.7 Å². The highest BCUT2D eigenvalue weighted by molar-refractivity contribution is 7.90. The minimum Gasteiger partial charge on any atom is -0.317 e. The molecule has 0 aliphatic rings. The predicted molar refractivity (Wildman–Crippen MR) is 69.8 cm³/mol. The molecular formula is C11H19NO2S2. The van der Waals surface area contributed by atoms with E-state index in [2.05, 4.69) is 22.1 Å². The number of thiophene rings is 1. The van der Waals surface area contributed by atoms with Crippen LogP contribution in [0.5, 0.6) is 0 Å². The highest BCUT2D eigenvalue weighted by Crippen LogP contribution is 2.11. The molecule has 0 aromatic carbocycles. The van der Waals surface area contributed by atoms with Crippen LogP contribution in [0.15, 0.2) is 16.8 Å². The van der Waals surface area contributed by atoms with E-state index in [1.807, 2.05) is 7.05 Å². The fourth-order valence-electron chi connectivity index (χ4n) is 1.63. The van der Waals surface area contributed by atoms with Gasteiger partial charge in [0.25, 0.3) is 0 Å². The second-order valence-electron chi connectivity index (χ2n) is 4.09. The molecule has 1 aromatic heterocycles. The zero-order valence-corrected chi connectivity index (χ0v) is 11.4. The lowest BCUT2D eigenvalue weighted by molar-refractivity contribution is 0.512. The van der Waals surface area contributed by atoms with Crippen molar-refractivity contribution < 1.29 is 8.42 Å². The molecule has 5 heteroatoms. The van der Waals surface area contributed by atoms with Gasteiger partial charge in [-0.25, -0.2) is 8.42 Å². The lowest BCUT2D eigenvalue weighted by atomic mass is 10.1. The molecule has 1 N–H and O–H groups in total. The highest BCUT2D eigenvalue weighted by atomic mass is 32.2. The van der Waals surface area contributed by atoms with Crippen LogP contribution in [-0.4, -0.2) is 33.5 Å². The summed E-state index contributed by atoms with van der Waals surface area (Å²) in [4.78, 5) is 0. The van der Waals surface area contributed by atoms with Gasteiger partial charge in [0.1, 0.15) is 9.84 Å². The van der Waals surface area contributed by atoms with E-state index in [-0.39, 0.29) is 5.75 Å². The van der Waals surface area contributed by atoms with Crippen LogP contribution in [0.25, 0.3) is 0 Å². The van der Waals surface area contributed by atoms with Gasteiger partial charge in [-0.2, -0.15) is 11.3 Å². The molecule has 0 saturated heterocycles. The van der Waals surface area contributed by atoms with Crippen molar-refractivity contribution in [2.24, 2.45) is 0 Å². The van der Waals surface area contributed by atoms with Crippen molar-refractivity contribution in [2.45, 2.75) is 25.3 Å². The Hall–Kier alpha value is -0.390. The summed E-state index contributed by atoms with van der Waals surface area (Å²) < 4.78 is 22.0. The minimum atomic E-state index is -2.82. The normalized spacial score (nSPS) is 13.9. The Morgan fingerprint density at radius 3 is 2.75 bits per heavy atom. The third kappa shape index (κ3) is 5.63. The monoisotopic (exact) mass is 261 g/mol. The molecule has 0 saturated carbocycles. The third-order valence-electron chi connectivity index (χ3n) is 2.54. The van der Waals surface area contributed by atoms with Crippen LogP contribution < -0.4 is 5.32 Å². The van der Waals surface area contributed by atoms with Crippen molar-refractivity contribution in [1.82, 2.24) is 5.32 Å². The van der Waals surface area contributed by atoms with Gasteiger partial charge in [0, 0.05) is 18.1 Å². The summed E-state index contributed by atoms with van der Waals surface area (Å²) in [5, 5.41) is 7.44. The Morgan fingerprint density at radius 2 is 2.25 bits per heavy atom. The molecule has 0 bridgehead atoms. The maximum Gasteiger partial charge on any atom is 0.147 e. The average Bonchev–Trinajstić information content (AvgIpc) is 2.67. The van der Waals surface area contributed by atoms with Crippen molar-refractivity contribution in [3.8, 4) is 0 Å². The van der Waals surface area contributed by atoms with E-state index in [1.165, 1.54) is 11.8 Å². The van der Waals surface area contributed by atoms with Crippen LogP contribution in [0.3, 0.4) is 0 Å². The van der Waals surface area contributed by atoms with E-state index in [9.17, 15) is 8.42 Å². The fourth-order valence-corrected chi connectivity index (χ4v) is 3.01. The molecule has 1 unspecified atom stereocenters. The highest BCUT2D eigenvalue weighted by Gasteiger charge is 2.09. The van der Waals surface area contributed by atoms with Crippen LogP contribution in [0.2, 0.25) is 0 Å². The van der Waals surface area contributed by atoms with E-state index < -0.39 is 9.84 Å². The first kappa shape index (κ1) is 13.7. The first-order valence-corrected chi connectivity index (χ1v) is 8.37. The molecule has 1 atom stereocenters. The molecule has 1 heterocycles. The SMILES string of the molecule is CNC(CCCS(C)(=O)=O)Cc1ccsc1. The predicted octanol–water partition coefficient (Wildman–Crippen LogP) is 1.70. The van der Waals surface area contributed by atoms with Crippen LogP contribution in [0.4, 0.5) is 0 Å². The summed E-state index contributed by atoms with van der Waals surface area (Å²) in [6, 6.07) is 2.49. The van der Waals surface area contributed by atoms with Crippen molar-refractivity contribution in [1.29, 1.82) is 0 Å². The van der Waals surface area contributed by atoms with Crippen molar-refractivity contribution >= 4 is 21.2 Å². The molecule has 0 amide bonds. The average molecular weight is 261 g/mol. The molecule has 3 nitrogen and oxygen atoms in total. The van der Waals surface area contributed by atoms with Gasteiger partial charge in [-0.1, -0.05) is 0 Å². The van der Waals surface area contributed by atoms with Crippen LogP contribution in [0, 0.1) is 0 Å². The number of nitrogens with one attached hydrogen (secondary N) is 1. The van der Waals surface area contributed by atoms with Crippen molar-refractivity contribution in [3.63, 3.8) is 0 Å². The summed E-state index contributed by atoms with van der Waals surface area (Å²) >= 11 is 1.70. The Balaban J connectivity index is 2.32. The molecule has 0 spiro atoms. The van der Waals surface area contributed by atoms with Gasteiger partial charge >= 0.3 is 0 Å². The van der Waals surface area contributed by atoms with E-state index in [0.29, 0.717) is 6.04 Å². The maximum absolute atomic E-state index is 11.0. The summed E-state index contributed by atoms with van der Waals surface area (Å²) in [6.45, 7) is 0. The maximum atomic E-state index is 11.0. The Morgan fingerprint density at radius 1 is 1.50 bits per heavy atom. The summed E-state index contributed by atoms with van der Waals surface area (Å²) in [6.07, 6.45) is 3.90. The molecule has 16 heavy (non-hydrogen) atoms. The molecule has 0 radical (unpaired) electrons. The van der Waals surface area contributed by atoms with Gasteiger partial charge in [-0.3, -0.25) is 0 Å². The van der Waals surface area contributed by atoms with Crippen LogP contribution >= 0.6 is 11.3 Å². The first-order valence-electron chi connectivity index (χ1n) is 5.37. The quantitative estimate of drug-likeness (QED) is 0.812. The fraction of sp³-hybridized carbons (Fsp3) is 0.636. The van der Waals surface area contributed by atoms with E-state index in [4.69, 9.17) is 0 Å². The molecular weight excluding hydrogens is 242 g/mol. The van der Waals surface area contributed by atoms with Gasteiger partial charge < -0.3 is 5.32 Å². The van der Waals surface area contributed by atoms with Crippen LogP contribution in [-0.2, 0) is 16.3 Å². The molecule has 0 aliphatic carbocycles. The Bertz CT molecular complexity index is 384. The zero-order valence-electron chi connectivity index (χ0n) is 9.77. The smallest absolute Gasteiger partial charge is 0.147 e. The topological polar surface area (TPSA) is 46.2 Å². The minimum absolute atomic E-state index is 0.287. The summed E-state index contributed by atoms with van der Waals surface area (Å²) in [7, 11) is -0.888. The van der Waals surface area contributed by atoms with E-state index in [1.54, 1.807) is 11.3 Å². The van der Waals surface area contributed by atoms with Gasteiger partial charge in [-0.15, -0.1) is 0 Å². The van der Waals surface area contributed by atoms with Gasteiger partial charge in [0.05, 0.1) is 0 Å².